The van der Waals surface area contributed by atoms with Gasteiger partial charge in [0.05, 0.1) is 0 Å². The molecule has 4 heteroatoms. The standard InChI is InChI=1S/C6H9ClO3/c7-5(6(9)10)3-1-2-4-8/h4-5H,1-3H2,(H,9,10). The van der Waals surface area contributed by atoms with Gasteiger partial charge in [0.15, 0.2) is 0 Å². The van der Waals surface area contributed by atoms with Gasteiger partial charge in [-0.05, 0) is 12.8 Å². The van der Waals surface area contributed by atoms with E-state index >= 15 is 0 Å². The second-order valence-corrected chi connectivity index (χ2v) is 2.43. The maximum atomic E-state index is 10.1. The number of carboxylic acid groups (broad SMARTS) is 1. The Morgan fingerprint density at radius 3 is 2.70 bits per heavy atom. The lowest BCUT2D eigenvalue weighted by Crippen LogP contribution is -2.12. The van der Waals surface area contributed by atoms with Crippen LogP contribution in [0.4, 0.5) is 0 Å². The summed E-state index contributed by atoms with van der Waals surface area (Å²) in [5.74, 6) is -1.02. The summed E-state index contributed by atoms with van der Waals surface area (Å²) in [4.78, 5) is 19.8. The zero-order valence-electron chi connectivity index (χ0n) is 5.42. The quantitative estimate of drug-likeness (QED) is 0.375. The molecule has 1 unspecified atom stereocenters. The van der Waals surface area contributed by atoms with E-state index in [9.17, 15) is 9.59 Å². The Hall–Kier alpha value is -0.570. The van der Waals surface area contributed by atoms with Crippen LogP contribution in [0.1, 0.15) is 19.3 Å². The third-order valence-electron chi connectivity index (χ3n) is 1.05. The van der Waals surface area contributed by atoms with E-state index in [1.165, 1.54) is 0 Å². The maximum Gasteiger partial charge on any atom is 0.321 e. The van der Waals surface area contributed by atoms with E-state index in [0.29, 0.717) is 19.3 Å². The number of carbonyl (C=O) groups excluding carboxylic acids is 1. The van der Waals surface area contributed by atoms with Crippen molar-refractivity contribution in [1.29, 1.82) is 0 Å². The summed E-state index contributed by atoms with van der Waals surface area (Å²) < 4.78 is 0. The fraction of sp³-hybridized carbons (Fsp3) is 0.667. The van der Waals surface area contributed by atoms with Crippen molar-refractivity contribution in [3.63, 3.8) is 0 Å². The van der Waals surface area contributed by atoms with Gasteiger partial charge in [0.2, 0.25) is 0 Å². The summed E-state index contributed by atoms with van der Waals surface area (Å²) in [6.07, 6.45) is 2.04. The van der Waals surface area contributed by atoms with Crippen LogP contribution in [0.25, 0.3) is 0 Å². The molecular weight excluding hydrogens is 156 g/mol. The van der Waals surface area contributed by atoms with Crippen LogP contribution in [0, 0.1) is 0 Å². The third kappa shape index (κ3) is 4.32. The predicted molar refractivity (Wildman–Crippen MR) is 37.2 cm³/mol. The molecule has 0 saturated heterocycles. The molecule has 0 aliphatic rings. The molecule has 1 N–H and O–H groups in total. The van der Waals surface area contributed by atoms with Crippen molar-refractivity contribution < 1.29 is 14.7 Å². The summed E-state index contributed by atoms with van der Waals surface area (Å²) in [5, 5.41) is 7.41. The fourth-order valence-corrected chi connectivity index (χ4v) is 0.658. The zero-order valence-corrected chi connectivity index (χ0v) is 6.17. The van der Waals surface area contributed by atoms with Gasteiger partial charge in [0, 0.05) is 6.42 Å². The molecule has 0 fully saturated rings. The fourth-order valence-electron chi connectivity index (χ4n) is 0.504. The first-order chi connectivity index (χ1) is 4.68. The van der Waals surface area contributed by atoms with E-state index in [1.807, 2.05) is 0 Å². The van der Waals surface area contributed by atoms with Crippen LogP contribution in [0.5, 0.6) is 0 Å². The molecule has 1 atom stereocenters. The normalized spacial score (nSPS) is 12.5. The Kier molecular flexibility index (Phi) is 4.94. The van der Waals surface area contributed by atoms with Crippen molar-refractivity contribution in [3.05, 3.63) is 0 Å². The Morgan fingerprint density at radius 2 is 2.30 bits per heavy atom. The Labute approximate surface area is 64.0 Å². The molecular formula is C6H9ClO3. The minimum absolute atomic E-state index is 0.357. The molecule has 0 rings (SSSR count). The van der Waals surface area contributed by atoms with Crippen molar-refractivity contribution in [2.75, 3.05) is 0 Å². The van der Waals surface area contributed by atoms with Crippen LogP contribution in [0.2, 0.25) is 0 Å². The lowest BCUT2D eigenvalue weighted by atomic mass is 10.2. The zero-order chi connectivity index (χ0) is 7.98. The largest absolute Gasteiger partial charge is 0.480 e. The van der Waals surface area contributed by atoms with Crippen LogP contribution in [-0.2, 0) is 9.59 Å². The molecule has 10 heavy (non-hydrogen) atoms. The van der Waals surface area contributed by atoms with Gasteiger partial charge in [0.25, 0.3) is 0 Å². The number of hydrogen-bond donors (Lipinski definition) is 1. The summed E-state index contributed by atoms with van der Waals surface area (Å²) in [6.45, 7) is 0. The minimum Gasteiger partial charge on any atom is -0.480 e. The van der Waals surface area contributed by atoms with Crippen molar-refractivity contribution in [2.45, 2.75) is 24.6 Å². The summed E-state index contributed by atoms with van der Waals surface area (Å²) >= 11 is 5.34. The van der Waals surface area contributed by atoms with Crippen LogP contribution in [0.3, 0.4) is 0 Å². The van der Waals surface area contributed by atoms with Crippen LogP contribution >= 0.6 is 11.6 Å². The van der Waals surface area contributed by atoms with Crippen molar-refractivity contribution in [1.82, 2.24) is 0 Å². The molecule has 3 nitrogen and oxygen atoms in total. The van der Waals surface area contributed by atoms with Crippen LogP contribution in [0.15, 0.2) is 0 Å². The number of halogens is 1. The van der Waals surface area contributed by atoms with Gasteiger partial charge in [0.1, 0.15) is 11.7 Å². The number of hydrogen-bond acceptors (Lipinski definition) is 2. The molecule has 0 aromatic heterocycles. The van der Waals surface area contributed by atoms with E-state index in [0.717, 1.165) is 6.29 Å². The van der Waals surface area contributed by atoms with E-state index in [4.69, 9.17) is 16.7 Å². The number of unbranched alkanes of at least 4 members (excludes halogenated alkanes) is 1. The molecule has 0 saturated carbocycles. The van der Waals surface area contributed by atoms with Crippen molar-refractivity contribution in [2.24, 2.45) is 0 Å². The Balaban J connectivity index is 3.30. The molecule has 0 aliphatic carbocycles. The Bertz CT molecular complexity index is 124. The topological polar surface area (TPSA) is 54.4 Å². The average Bonchev–Trinajstić information content (AvgIpc) is 1.88. The highest BCUT2D eigenvalue weighted by molar-refractivity contribution is 6.29. The third-order valence-corrected chi connectivity index (χ3v) is 1.45. The van der Waals surface area contributed by atoms with Gasteiger partial charge < -0.3 is 9.90 Å². The molecule has 0 aromatic carbocycles. The van der Waals surface area contributed by atoms with Gasteiger partial charge in [-0.2, -0.15) is 0 Å². The molecule has 0 bridgehead atoms. The van der Waals surface area contributed by atoms with Gasteiger partial charge in [-0.3, -0.25) is 4.79 Å². The molecule has 0 spiro atoms. The lowest BCUT2D eigenvalue weighted by molar-refractivity contribution is -0.136. The number of rotatable bonds is 5. The average molecular weight is 165 g/mol. The predicted octanol–water partition coefficient (Wildman–Crippen LogP) is 1.05. The van der Waals surface area contributed by atoms with E-state index in [2.05, 4.69) is 0 Å². The van der Waals surface area contributed by atoms with Gasteiger partial charge in [-0.1, -0.05) is 0 Å². The number of alkyl halides is 1. The van der Waals surface area contributed by atoms with Crippen molar-refractivity contribution >= 4 is 23.9 Å². The Morgan fingerprint density at radius 1 is 1.70 bits per heavy atom. The SMILES string of the molecule is O=CCCCC(Cl)C(=O)O. The molecule has 0 amide bonds. The second-order valence-electron chi connectivity index (χ2n) is 1.90. The summed E-state index contributed by atoms with van der Waals surface area (Å²) in [5.41, 5.74) is 0. The number of carbonyl (C=O) groups is 2. The van der Waals surface area contributed by atoms with E-state index < -0.39 is 11.3 Å². The second kappa shape index (κ2) is 5.23. The number of aliphatic carboxylic acids is 1. The van der Waals surface area contributed by atoms with Gasteiger partial charge in [-0.25, -0.2) is 0 Å². The number of carboxylic acids is 1. The molecule has 0 aromatic rings. The highest BCUT2D eigenvalue weighted by Gasteiger charge is 2.11. The van der Waals surface area contributed by atoms with Crippen LogP contribution < -0.4 is 0 Å². The monoisotopic (exact) mass is 164 g/mol. The minimum atomic E-state index is -1.02. The van der Waals surface area contributed by atoms with E-state index in [-0.39, 0.29) is 0 Å². The first-order valence-corrected chi connectivity index (χ1v) is 3.42. The molecule has 0 aliphatic heterocycles. The van der Waals surface area contributed by atoms with Gasteiger partial charge >= 0.3 is 5.97 Å². The maximum absolute atomic E-state index is 10.1. The van der Waals surface area contributed by atoms with E-state index in [1.54, 1.807) is 0 Å². The number of aldehydes is 1. The highest BCUT2D eigenvalue weighted by Crippen LogP contribution is 2.06. The lowest BCUT2D eigenvalue weighted by Gasteiger charge is -1.99. The highest BCUT2D eigenvalue weighted by atomic mass is 35.5. The first kappa shape index (κ1) is 9.43. The molecule has 0 radical (unpaired) electrons. The molecule has 58 valence electrons. The van der Waals surface area contributed by atoms with Crippen LogP contribution in [-0.4, -0.2) is 22.7 Å². The van der Waals surface area contributed by atoms with Crippen molar-refractivity contribution in [3.8, 4) is 0 Å². The summed E-state index contributed by atoms with van der Waals surface area (Å²) in [7, 11) is 0. The first-order valence-electron chi connectivity index (χ1n) is 2.99. The summed E-state index contributed by atoms with van der Waals surface area (Å²) in [6, 6.07) is 0. The smallest absolute Gasteiger partial charge is 0.321 e. The van der Waals surface area contributed by atoms with Gasteiger partial charge in [-0.15, -0.1) is 11.6 Å². The molecule has 0 heterocycles.